The first-order chi connectivity index (χ1) is 40.9. The molecule has 14 rings (SSSR count). The topological polar surface area (TPSA) is 104 Å². The molecule has 10 aromatic carbocycles. The third kappa shape index (κ3) is 8.08. The average Bonchev–Trinajstić information content (AvgIpc) is 1.91. The fourth-order valence-electron chi connectivity index (χ4n) is 11.9. The molecule has 0 saturated carbocycles. The number of alkyl halides is 12. The van der Waals surface area contributed by atoms with Crippen LogP contribution in [0.5, 0.6) is 0 Å². The maximum atomic E-state index is 15.5. The van der Waals surface area contributed by atoms with Crippen LogP contribution in [0.25, 0.3) is 122 Å². The number of aromatic nitrogens is 4. The van der Waals surface area contributed by atoms with Crippen molar-refractivity contribution in [2.75, 3.05) is 0 Å². The fourth-order valence-corrected chi connectivity index (χ4v) is 11.9. The zero-order chi connectivity index (χ0) is 60.0. The van der Waals surface area contributed by atoms with Gasteiger partial charge in [-0.05, 0) is 135 Å². The SMILES string of the molecule is Cc1ccc(C(c2ccc(-c3nc4ccc5c6ccc7nc(-c8ccc(C(c9ccc(-c%10nc%11ccc(-c%12ccc%13nc(C)oc%13c%12)cc%11o%10)cc9)(C(F)(F)F)C(F)(F)F)cc8)oc7c6c6ccccc6c5c4o3)cc2)(C(F)(F)F)C(F)(F)F)cc1. The molecule has 0 aliphatic rings. The molecule has 14 aromatic rings. The number of benzene rings is 10. The van der Waals surface area contributed by atoms with Gasteiger partial charge in [-0.3, -0.25) is 0 Å². The van der Waals surface area contributed by atoms with Crippen LogP contribution < -0.4 is 0 Å². The Morgan fingerprint density at radius 3 is 1.01 bits per heavy atom. The molecule has 0 amide bonds. The second-order valence-electron chi connectivity index (χ2n) is 21.0. The maximum Gasteiger partial charge on any atom is 0.411 e. The molecule has 0 radical (unpaired) electrons. The molecule has 0 unspecified atom stereocenters. The largest absolute Gasteiger partial charge is 0.441 e. The third-order valence-electron chi connectivity index (χ3n) is 16.0. The summed E-state index contributed by atoms with van der Waals surface area (Å²) in [4.78, 5) is 18.0. The molecule has 8 nitrogen and oxygen atoms in total. The molecular weight excluding hydrogens is 1140 g/mol. The minimum Gasteiger partial charge on any atom is -0.441 e. The smallest absolute Gasteiger partial charge is 0.411 e. The highest BCUT2D eigenvalue weighted by Crippen LogP contribution is 2.58. The summed E-state index contributed by atoms with van der Waals surface area (Å²) < 4.78 is 207. The van der Waals surface area contributed by atoms with Gasteiger partial charge >= 0.3 is 24.7 Å². The van der Waals surface area contributed by atoms with E-state index in [1.54, 1.807) is 86.6 Å². The molecule has 20 heteroatoms. The number of hydrogen-bond acceptors (Lipinski definition) is 8. The molecule has 0 saturated heterocycles. The van der Waals surface area contributed by atoms with Crippen molar-refractivity contribution in [1.82, 2.24) is 19.9 Å². The Balaban J connectivity index is 0.801. The summed E-state index contributed by atoms with van der Waals surface area (Å²) in [7, 11) is 0. The molecule has 4 heterocycles. The Morgan fingerprint density at radius 2 is 0.616 bits per heavy atom. The van der Waals surface area contributed by atoms with Gasteiger partial charge in [0.1, 0.15) is 22.1 Å². The maximum absolute atomic E-state index is 15.5. The van der Waals surface area contributed by atoms with Gasteiger partial charge in [0.2, 0.25) is 28.5 Å². The fraction of sp³-hybridized carbons (Fsp3) is 0.121. The number of hydrogen-bond donors (Lipinski definition) is 0. The molecular formula is C66H36F12N4O4. The number of rotatable bonds is 8. The number of nitrogens with zero attached hydrogens (tertiary/aromatic N) is 4. The second kappa shape index (κ2) is 18.8. The first-order valence-corrected chi connectivity index (χ1v) is 26.3. The lowest BCUT2D eigenvalue weighted by Gasteiger charge is -2.38. The van der Waals surface area contributed by atoms with Gasteiger partial charge in [0.05, 0.1) is 0 Å². The lowest BCUT2D eigenvalue weighted by Crippen LogP contribution is -2.54. The van der Waals surface area contributed by atoms with Gasteiger partial charge in [-0.1, -0.05) is 115 Å². The van der Waals surface area contributed by atoms with E-state index in [1.807, 2.05) is 12.1 Å². The Morgan fingerprint density at radius 1 is 0.302 bits per heavy atom. The highest BCUT2D eigenvalue weighted by molar-refractivity contribution is 6.34. The van der Waals surface area contributed by atoms with Gasteiger partial charge < -0.3 is 17.7 Å². The average molecular weight is 1180 g/mol. The molecule has 0 atom stereocenters. The summed E-state index contributed by atoms with van der Waals surface area (Å²) in [6.45, 7) is 3.27. The van der Waals surface area contributed by atoms with E-state index in [2.05, 4.69) is 19.9 Å². The van der Waals surface area contributed by atoms with E-state index < -0.39 is 57.8 Å². The lowest BCUT2D eigenvalue weighted by atomic mass is 9.72. The van der Waals surface area contributed by atoms with Crippen molar-refractivity contribution < 1.29 is 70.4 Å². The molecule has 428 valence electrons. The predicted molar refractivity (Wildman–Crippen MR) is 299 cm³/mol. The zero-order valence-electron chi connectivity index (χ0n) is 44.3. The van der Waals surface area contributed by atoms with Crippen LogP contribution in [0.4, 0.5) is 52.7 Å². The zero-order valence-corrected chi connectivity index (χ0v) is 44.3. The van der Waals surface area contributed by atoms with Crippen molar-refractivity contribution in [2.45, 2.75) is 49.4 Å². The Bertz CT molecular complexity index is 4970. The third-order valence-corrected chi connectivity index (χ3v) is 16.0. The minimum atomic E-state index is -5.91. The van der Waals surface area contributed by atoms with Gasteiger partial charge in [0.15, 0.2) is 28.2 Å². The summed E-state index contributed by atoms with van der Waals surface area (Å²) in [6, 6.07) is 39.5. The standard InChI is InChI=1S/C66H36F12N4O4/c1-33-7-17-40(18-8-33)61(63(67,68)69,64(70,71)72)41-21-11-36(12-22-41)59-81-50-29-25-46-47-26-30-51-57(55(47)45-6-4-3-5-44(45)54(46)56(50)85-59)86-60(82-51)37-13-23-43(24-14-37)62(65(73,74)75,66(76,77)78)42-19-9-35(10-20-42)58-80-49-28-16-39(32-53(49)84-58)38-15-27-48-52(31-38)83-34(2)79-48/h3-32H,1-2H3. The normalized spacial score (nSPS) is 13.2. The van der Waals surface area contributed by atoms with Gasteiger partial charge in [0, 0.05) is 34.4 Å². The molecule has 0 N–H and O–H groups in total. The van der Waals surface area contributed by atoms with Crippen LogP contribution >= 0.6 is 0 Å². The van der Waals surface area contributed by atoms with Crippen molar-refractivity contribution in [3.8, 4) is 45.5 Å². The summed E-state index contributed by atoms with van der Waals surface area (Å²) in [5.41, 5.74) is -7.84. The second-order valence-corrected chi connectivity index (χ2v) is 21.0. The van der Waals surface area contributed by atoms with E-state index >= 15 is 26.3 Å². The monoisotopic (exact) mass is 1180 g/mol. The first kappa shape index (κ1) is 54.0. The van der Waals surface area contributed by atoms with Crippen LogP contribution in [0.3, 0.4) is 0 Å². The summed E-state index contributed by atoms with van der Waals surface area (Å²) >= 11 is 0. The van der Waals surface area contributed by atoms with Crippen molar-refractivity contribution in [2.24, 2.45) is 0 Å². The van der Waals surface area contributed by atoms with Crippen LogP contribution in [0.15, 0.2) is 200 Å². The van der Waals surface area contributed by atoms with E-state index in [4.69, 9.17) is 17.7 Å². The molecule has 86 heavy (non-hydrogen) atoms. The quantitative estimate of drug-likeness (QED) is 0.109. The van der Waals surface area contributed by atoms with Gasteiger partial charge in [-0.15, -0.1) is 0 Å². The lowest BCUT2D eigenvalue weighted by molar-refractivity contribution is -0.290. The van der Waals surface area contributed by atoms with Crippen molar-refractivity contribution in [3.63, 3.8) is 0 Å². The summed E-state index contributed by atoms with van der Waals surface area (Å²) in [5.74, 6) is 0.258. The molecule has 0 spiro atoms. The predicted octanol–water partition coefficient (Wildman–Crippen LogP) is 19.8. The molecule has 0 bridgehead atoms. The van der Waals surface area contributed by atoms with E-state index in [0.717, 1.165) is 96.1 Å². The van der Waals surface area contributed by atoms with Crippen LogP contribution in [0.2, 0.25) is 0 Å². The van der Waals surface area contributed by atoms with E-state index in [9.17, 15) is 26.3 Å². The van der Waals surface area contributed by atoms with Crippen LogP contribution in [-0.4, -0.2) is 44.6 Å². The van der Waals surface area contributed by atoms with Crippen molar-refractivity contribution in [3.05, 3.63) is 216 Å². The Hall–Kier alpha value is -9.98. The minimum absolute atomic E-state index is 0.0325. The van der Waals surface area contributed by atoms with E-state index in [0.29, 0.717) is 77.0 Å². The molecule has 4 aromatic heterocycles. The summed E-state index contributed by atoms with van der Waals surface area (Å²) in [6.07, 6.45) is -23.4. The number of fused-ring (bicyclic) bond motifs is 12. The Labute approximate surface area is 476 Å². The number of halogens is 12. The highest BCUT2D eigenvalue weighted by Gasteiger charge is 2.73. The van der Waals surface area contributed by atoms with Crippen LogP contribution in [0.1, 0.15) is 33.7 Å². The van der Waals surface area contributed by atoms with Crippen molar-refractivity contribution in [1.29, 1.82) is 0 Å². The number of oxazole rings is 4. The van der Waals surface area contributed by atoms with Gasteiger partial charge in [-0.2, -0.15) is 52.7 Å². The van der Waals surface area contributed by atoms with Gasteiger partial charge in [0.25, 0.3) is 0 Å². The molecule has 0 aliphatic carbocycles. The molecule has 0 aliphatic heterocycles. The van der Waals surface area contributed by atoms with Crippen LogP contribution in [0, 0.1) is 13.8 Å². The number of aryl methyl sites for hydroxylation is 2. The molecule has 0 fully saturated rings. The Kier molecular flexibility index (Phi) is 11.8. The van der Waals surface area contributed by atoms with Crippen LogP contribution in [-0.2, 0) is 10.8 Å². The first-order valence-electron chi connectivity index (χ1n) is 26.3. The van der Waals surface area contributed by atoms with E-state index in [1.165, 1.54) is 12.1 Å². The highest BCUT2D eigenvalue weighted by atomic mass is 19.4. The summed E-state index contributed by atoms with van der Waals surface area (Å²) in [5, 5.41) is 3.49. The van der Waals surface area contributed by atoms with Crippen molar-refractivity contribution >= 4 is 76.7 Å². The van der Waals surface area contributed by atoms with E-state index in [-0.39, 0.29) is 45.5 Å². The van der Waals surface area contributed by atoms with Gasteiger partial charge in [-0.25, -0.2) is 19.9 Å².